The van der Waals surface area contributed by atoms with Gasteiger partial charge in [-0.1, -0.05) is 0 Å². The van der Waals surface area contributed by atoms with Gasteiger partial charge in [0, 0.05) is 25.2 Å². The van der Waals surface area contributed by atoms with Gasteiger partial charge in [-0.3, -0.25) is 14.6 Å². The second-order valence-corrected chi connectivity index (χ2v) is 8.23. The minimum absolute atomic E-state index is 0.218. The molecule has 2 heterocycles. The predicted octanol–water partition coefficient (Wildman–Crippen LogP) is 1.79. The molecule has 1 amide bonds. The van der Waals surface area contributed by atoms with Crippen LogP contribution in [0.5, 0.6) is 0 Å². The summed E-state index contributed by atoms with van der Waals surface area (Å²) in [5.41, 5.74) is 0. The van der Waals surface area contributed by atoms with Crippen molar-refractivity contribution in [2.45, 2.75) is 57.7 Å². The Hall–Kier alpha value is -1.40. The molecule has 6 heteroatoms. The third-order valence-corrected chi connectivity index (χ3v) is 5.88. The molecule has 0 aromatic carbocycles. The molecule has 0 spiro atoms. The van der Waals surface area contributed by atoms with E-state index in [9.17, 15) is 4.79 Å². The molecule has 1 N–H and O–H groups in total. The van der Waals surface area contributed by atoms with Crippen molar-refractivity contribution >= 4 is 5.91 Å². The van der Waals surface area contributed by atoms with Crippen molar-refractivity contribution in [3.8, 4) is 0 Å². The topological polar surface area (TPSA) is 61.6 Å². The minimum atomic E-state index is 0.218. The quantitative estimate of drug-likeness (QED) is 0.778. The first-order valence-corrected chi connectivity index (χ1v) is 9.72. The largest absolute Gasteiger partial charge is 0.445 e. The second-order valence-electron chi connectivity index (χ2n) is 8.23. The average molecular weight is 346 g/mol. The molecular weight excluding hydrogens is 316 g/mol. The average Bonchev–Trinajstić information content (AvgIpc) is 3.49. The van der Waals surface area contributed by atoms with Crippen LogP contribution in [0.1, 0.15) is 43.8 Å². The van der Waals surface area contributed by atoms with E-state index in [2.05, 4.69) is 27.1 Å². The van der Waals surface area contributed by atoms with E-state index in [4.69, 9.17) is 4.42 Å². The number of carbonyl (C=O) groups is 1. The molecule has 1 aromatic rings. The zero-order valence-electron chi connectivity index (χ0n) is 15.4. The lowest BCUT2D eigenvalue weighted by Crippen LogP contribution is -2.44. The fourth-order valence-electron chi connectivity index (χ4n) is 4.10. The molecule has 2 saturated carbocycles. The second kappa shape index (κ2) is 7.08. The highest BCUT2D eigenvalue weighted by atomic mass is 16.4. The molecule has 1 aliphatic heterocycles. The molecule has 138 valence electrons. The Bertz CT molecular complexity index is 596. The molecular formula is C19H30N4O2. The van der Waals surface area contributed by atoms with Gasteiger partial charge in [0.15, 0.2) is 0 Å². The number of likely N-dealkylation sites (N-methyl/N-ethyl adjacent to an activating group) is 1. The van der Waals surface area contributed by atoms with E-state index in [0.717, 1.165) is 49.5 Å². The molecule has 1 atom stereocenters. The fraction of sp³-hybridized carbons (Fsp3) is 0.789. The van der Waals surface area contributed by atoms with E-state index in [1.54, 1.807) is 6.20 Å². The molecule has 2 aliphatic carbocycles. The molecule has 1 aromatic heterocycles. The van der Waals surface area contributed by atoms with Crippen molar-refractivity contribution in [2.24, 2.45) is 11.8 Å². The summed E-state index contributed by atoms with van der Waals surface area (Å²) in [5, 5.41) is 3.34. The lowest BCUT2D eigenvalue weighted by atomic mass is 10.1. The molecule has 4 rings (SSSR count). The molecule has 25 heavy (non-hydrogen) atoms. The van der Waals surface area contributed by atoms with E-state index in [0.29, 0.717) is 18.6 Å². The standard InChI is InChI=1S/C19H30N4O2/c1-13-9-20-18(25-13)12-22(2)16-7-8-23(10-16)11-17(24)21-19(14-3-4-14)15-5-6-15/h9,14-16,19H,3-8,10-12H2,1-2H3,(H,21,24). The zero-order chi connectivity index (χ0) is 17.4. The summed E-state index contributed by atoms with van der Waals surface area (Å²) in [6.07, 6.45) is 8.08. The zero-order valence-corrected chi connectivity index (χ0v) is 15.4. The summed E-state index contributed by atoms with van der Waals surface area (Å²) in [6.45, 7) is 5.12. The minimum Gasteiger partial charge on any atom is -0.445 e. The summed E-state index contributed by atoms with van der Waals surface area (Å²) >= 11 is 0. The first-order chi connectivity index (χ1) is 12.1. The van der Waals surface area contributed by atoms with Crippen LogP contribution in [0.4, 0.5) is 0 Å². The molecule has 0 radical (unpaired) electrons. The predicted molar refractivity (Wildman–Crippen MR) is 94.9 cm³/mol. The molecule has 6 nitrogen and oxygen atoms in total. The fourth-order valence-corrected chi connectivity index (χ4v) is 4.10. The van der Waals surface area contributed by atoms with E-state index >= 15 is 0 Å². The Labute approximate surface area is 149 Å². The number of nitrogens with one attached hydrogen (secondary N) is 1. The van der Waals surface area contributed by atoms with Crippen molar-refractivity contribution < 1.29 is 9.21 Å². The summed E-state index contributed by atoms with van der Waals surface area (Å²) < 4.78 is 5.57. The van der Waals surface area contributed by atoms with Crippen molar-refractivity contribution in [2.75, 3.05) is 26.7 Å². The van der Waals surface area contributed by atoms with Crippen molar-refractivity contribution in [3.63, 3.8) is 0 Å². The van der Waals surface area contributed by atoms with Crippen LogP contribution in [0, 0.1) is 18.8 Å². The highest BCUT2D eigenvalue weighted by molar-refractivity contribution is 5.78. The maximum Gasteiger partial charge on any atom is 0.234 e. The van der Waals surface area contributed by atoms with E-state index in [-0.39, 0.29) is 5.91 Å². The van der Waals surface area contributed by atoms with Gasteiger partial charge in [0.1, 0.15) is 5.76 Å². The van der Waals surface area contributed by atoms with Crippen LogP contribution in [0.15, 0.2) is 10.6 Å². The van der Waals surface area contributed by atoms with Crippen LogP contribution >= 0.6 is 0 Å². The molecule has 3 aliphatic rings. The third-order valence-electron chi connectivity index (χ3n) is 5.88. The maximum atomic E-state index is 12.5. The summed E-state index contributed by atoms with van der Waals surface area (Å²) in [5.74, 6) is 3.37. The Morgan fingerprint density at radius 3 is 2.68 bits per heavy atom. The van der Waals surface area contributed by atoms with Gasteiger partial charge < -0.3 is 9.73 Å². The van der Waals surface area contributed by atoms with Gasteiger partial charge >= 0.3 is 0 Å². The molecule has 1 saturated heterocycles. The first-order valence-electron chi connectivity index (χ1n) is 9.72. The van der Waals surface area contributed by atoms with Gasteiger partial charge in [0.2, 0.25) is 11.8 Å². The van der Waals surface area contributed by atoms with Crippen LogP contribution in [0.25, 0.3) is 0 Å². The highest BCUT2D eigenvalue weighted by Crippen LogP contribution is 2.44. The lowest BCUT2D eigenvalue weighted by Gasteiger charge is -2.24. The van der Waals surface area contributed by atoms with Crippen LogP contribution in [0.2, 0.25) is 0 Å². The number of rotatable bonds is 8. The Balaban J connectivity index is 1.22. The van der Waals surface area contributed by atoms with E-state index in [1.807, 2.05) is 6.92 Å². The van der Waals surface area contributed by atoms with Gasteiger partial charge in [0.05, 0.1) is 19.3 Å². The van der Waals surface area contributed by atoms with E-state index < -0.39 is 0 Å². The number of aromatic nitrogens is 1. The number of hydrogen-bond acceptors (Lipinski definition) is 5. The molecule has 0 bridgehead atoms. The monoisotopic (exact) mass is 346 g/mol. The summed E-state index contributed by atoms with van der Waals surface area (Å²) in [4.78, 5) is 21.3. The van der Waals surface area contributed by atoms with Crippen LogP contribution in [-0.2, 0) is 11.3 Å². The van der Waals surface area contributed by atoms with Crippen LogP contribution < -0.4 is 5.32 Å². The lowest BCUT2D eigenvalue weighted by molar-refractivity contribution is -0.123. The number of likely N-dealkylation sites (tertiary alicyclic amines) is 1. The Morgan fingerprint density at radius 2 is 2.08 bits per heavy atom. The highest BCUT2D eigenvalue weighted by Gasteiger charge is 2.42. The maximum absolute atomic E-state index is 12.5. The smallest absolute Gasteiger partial charge is 0.234 e. The van der Waals surface area contributed by atoms with E-state index in [1.165, 1.54) is 25.7 Å². The number of nitrogens with zero attached hydrogens (tertiary/aromatic N) is 3. The van der Waals surface area contributed by atoms with Crippen molar-refractivity contribution in [1.82, 2.24) is 20.1 Å². The van der Waals surface area contributed by atoms with Crippen molar-refractivity contribution in [3.05, 3.63) is 17.8 Å². The number of amides is 1. The molecule has 1 unspecified atom stereocenters. The molecule has 3 fully saturated rings. The SMILES string of the molecule is Cc1cnc(CN(C)C2CCN(CC(=O)NC(C3CC3)C3CC3)C2)o1. The summed E-state index contributed by atoms with van der Waals surface area (Å²) in [6, 6.07) is 0.921. The third kappa shape index (κ3) is 4.42. The van der Waals surface area contributed by atoms with Gasteiger partial charge in [-0.2, -0.15) is 0 Å². The summed E-state index contributed by atoms with van der Waals surface area (Å²) in [7, 11) is 2.12. The Morgan fingerprint density at radius 1 is 1.36 bits per heavy atom. The first kappa shape index (κ1) is 17.0. The number of hydrogen-bond donors (Lipinski definition) is 1. The van der Waals surface area contributed by atoms with Gasteiger partial charge in [-0.25, -0.2) is 4.98 Å². The number of carbonyl (C=O) groups excluding carboxylic acids is 1. The number of oxazole rings is 1. The van der Waals surface area contributed by atoms with Gasteiger partial charge in [-0.15, -0.1) is 0 Å². The Kier molecular flexibility index (Phi) is 4.82. The van der Waals surface area contributed by atoms with Crippen LogP contribution in [0.3, 0.4) is 0 Å². The van der Waals surface area contributed by atoms with Gasteiger partial charge in [0.25, 0.3) is 0 Å². The normalized spacial score (nSPS) is 24.4. The van der Waals surface area contributed by atoms with Crippen LogP contribution in [-0.4, -0.2) is 59.5 Å². The van der Waals surface area contributed by atoms with Crippen molar-refractivity contribution in [1.29, 1.82) is 0 Å². The number of aryl methyl sites for hydroxylation is 1. The van der Waals surface area contributed by atoms with Gasteiger partial charge in [-0.05, 0) is 57.9 Å².